The first-order chi connectivity index (χ1) is 7.43. The van der Waals surface area contributed by atoms with Crippen molar-refractivity contribution in [3.8, 4) is 0 Å². The van der Waals surface area contributed by atoms with Gasteiger partial charge in [-0.3, -0.25) is 0 Å². The van der Waals surface area contributed by atoms with E-state index in [0.29, 0.717) is 15.5 Å². The molecule has 0 saturated carbocycles. The van der Waals surface area contributed by atoms with Crippen LogP contribution in [-0.4, -0.2) is 13.0 Å². The molecular formula is C9H8FIN2O2S. The van der Waals surface area contributed by atoms with Crippen molar-refractivity contribution >= 4 is 43.5 Å². The minimum atomic E-state index is -3.83. The summed E-state index contributed by atoms with van der Waals surface area (Å²) >= 11 is 2.09. The third kappa shape index (κ3) is 1.94. The molecule has 0 saturated heterocycles. The molecule has 2 N–H and O–H groups in total. The maximum atomic E-state index is 13.1. The summed E-state index contributed by atoms with van der Waals surface area (Å²) in [7, 11) is -3.83. The van der Waals surface area contributed by atoms with Crippen molar-refractivity contribution in [1.29, 1.82) is 0 Å². The Hall–Kier alpha value is -0.670. The topological polar surface area (TPSA) is 65.1 Å². The molecule has 16 heavy (non-hydrogen) atoms. The second kappa shape index (κ2) is 3.97. The van der Waals surface area contributed by atoms with Gasteiger partial charge in [-0.05, 0) is 18.2 Å². The molecule has 1 aromatic carbocycles. The maximum absolute atomic E-state index is 13.1. The zero-order valence-corrected chi connectivity index (χ0v) is 11.0. The minimum Gasteiger partial charge on any atom is -0.336 e. The van der Waals surface area contributed by atoms with Crippen LogP contribution in [-0.2, 0) is 14.6 Å². The number of nitrogens with two attached hydrogens (primary N) is 1. The van der Waals surface area contributed by atoms with Gasteiger partial charge in [0, 0.05) is 11.6 Å². The van der Waals surface area contributed by atoms with Crippen molar-refractivity contribution in [2.75, 3.05) is 0 Å². The third-order valence-electron chi connectivity index (χ3n) is 2.24. The molecule has 1 aromatic heterocycles. The smallest absolute Gasteiger partial charge is 0.240 e. The highest BCUT2D eigenvalue weighted by Gasteiger charge is 2.17. The summed E-state index contributed by atoms with van der Waals surface area (Å²) in [5.74, 6) is -0.483. The summed E-state index contributed by atoms with van der Waals surface area (Å²) in [6.45, 7) is 0. The highest BCUT2D eigenvalue weighted by atomic mass is 127. The van der Waals surface area contributed by atoms with E-state index in [1.54, 1.807) is 4.57 Å². The molecule has 0 atom stereocenters. The van der Waals surface area contributed by atoms with E-state index in [9.17, 15) is 12.8 Å². The predicted octanol–water partition coefficient (Wildman–Crippen LogP) is 1.82. The van der Waals surface area contributed by atoms with Gasteiger partial charge in [0.1, 0.15) is 10.7 Å². The standard InChI is InChI=1S/C9H8FIN2O2S/c10-6-1-2-8-7(3-6)9(16(12,14)15)4-13(8)5-11/h1-4H,5H2,(H2,12,14,15). The molecule has 7 heteroatoms. The molecular weight excluding hydrogens is 346 g/mol. The second-order valence-corrected chi connectivity index (χ2v) is 5.50. The van der Waals surface area contributed by atoms with Crippen LogP contribution in [0.2, 0.25) is 0 Å². The van der Waals surface area contributed by atoms with E-state index in [4.69, 9.17) is 5.14 Å². The Morgan fingerprint density at radius 3 is 2.69 bits per heavy atom. The molecule has 0 aliphatic rings. The van der Waals surface area contributed by atoms with Crippen molar-refractivity contribution in [1.82, 2.24) is 4.57 Å². The monoisotopic (exact) mass is 354 g/mol. The van der Waals surface area contributed by atoms with Crippen LogP contribution in [0.3, 0.4) is 0 Å². The van der Waals surface area contributed by atoms with Crippen molar-refractivity contribution in [2.24, 2.45) is 5.14 Å². The predicted molar refractivity (Wildman–Crippen MR) is 67.3 cm³/mol. The van der Waals surface area contributed by atoms with Gasteiger partial charge in [-0.2, -0.15) is 0 Å². The van der Waals surface area contributed by atoms with Gasteiger partial charge in [0.15, 0.2) is 0 Å². The molecule has 0 spiro atoms. The number of aromatic nitrogens is 1. The lowest BCUT2D eigenvalue weighted by atomic mass is 10.2. The van der Waals surface area contributed by atoms with E-state index < -0.39 is 15.8 Å². The highest BCUT2D eigenvalue weighted by Crippen LogP contribution is 2.26. The van der Waals surface area contributed by atoms with Crippen molar-refractivity contribution in [3.05, 3.63) is 30.2 Å². The zero-order valence-electron chi connectivity index (χ0n) is 8.02. The summed E-state index contributed by atoms with van der Waals surface area (Å²) < 4.78 is 38.0. The molecule has 0 aliphatic carbocycles. The summed E-state index contributed by atoms with van der Waals surface area (Å²) in [5.41, 5.74) is 0.653. The lowest BCUT2D eigenvalue weighted by molar-refractivity contribution is 0.598. The molecule has 86 valence electrons. The van der Waals surface area contributed by atoms with Crippen LogP contribution in [0.25, 0.3) is 10.9 Å². The van der Waals surface area contributed by atoms with Crippen LogP contribution in [0.15, 0.2) is 29.3 Å². The van der Waals surface area contributed by atoms with Gasteiger partial charge in [-0.1, -0.05) is 22.6 Å². The van der Waals surface area contributed by atoms with Crippen molar-refractivity contribution < 1.29 is 12.8 Å². The van der Waals surface area contributed by atoms with Gasteiger partial charge in [0.05, 0.1) is 10.1 Å². The first-order valence-corrected chi connectivity index (χ1v) is 7.38. The molecule has 0 fully saturated rings. The number of hydrogen-bond donors (Lipinski definition) is 1. The highest BCUT2D eigenvalue weighted by molar-refractivity contribution is 14.1. The summed E-state index contributed by atoms with van der Waals surface area (Å²) in [6.07, 6.45) is 1.42. The SMILES string of the molecule is NS(=O)(=O)c1cn(CI)c2ccc(F)cc12. The number of rotatable bonds is 2. The number of nitrogens with zero attached hydrogens (tertiary/aromatic N) is 1. The van der Waals surface area contributed by atoms with Crippen molar-refractivity contribution in [2.45, 2.75) is 9.45 Å². The maximum Gasteiger partial charge on any atom is 0.240 e. The normalized spacial score (nSPS) is 12.2. The number of alkyl halides is 1. The summed E-state index contributed by atoms with van der Waals surface area (Å²) in [5, 5.41) is 5.39. The summed E-state index contributed by atoms with van der Waals surface area (Å²) in [6, 6.07) is 4.01. The van der Waals surface area contributed by atoms with Gasteiger partial charge in [-0.25, -0.2) is 17.9 Å². The Balaban J connectivity index is 2.90. The number of halogens is 2. The van der Waals surface area contributed by atoms with E-state index in [-0.39, 0.29) is 4.90 Å². The number of fused-ring (bicyclic) bond motifs is 1. The Morgan fingerprint density at radius 2 is 2.12 bits per heavy atom. The van der Waals surface area contributed by atoms with Gasteiger partial charge >= 0.3 is 0 Å². The Labute approximate surface area is 105 Å². The van der Waals surface area contributed by atoms with E-state index in [2.05, 4.69) is 22.6 Å². The van der Waals surface area contributed by atoms with Gasteiger partial charge < -0.3 is 4.57 Å². The molecule has 0 unspecified atom stereocenters. The minimum absolute atomic E-state index is 0.0429. The number of benzene rings is 1. The van der Waals surface area contributed by atoms with E-state index in [0.717, 1.165) is 0 Å². The Bertz CT molecular complexity index is 651. The lowest BCUT2D eigenvalue weighted by Gasteiger charge is -1.97. The molecule has 1 heterocycles. The van der Waals surface area contributed by atoms with E-state index >= 15 is 0 Å². The quantitative estimate of drug-likeness (QED) is 0.661. The van der Waals surface area contributed by atoms with Gasteiger partial charge in [0.2, 0.25) is 10.0 Å². The van der Waals surface area contributed by atoms with Crippen LogP contribution in [0.1, 0.15) is 0 Å². The van der Waals surface area contributed by atoms with E-state index in [1.165, 1.54) is 24.4 Å². The Morgan fingerprint density at radius 1 is 1.44 bits per heavy atom. The molecule has 0 radical (unpaired) electrons. The molecule has 4 nitrogen and oxygen atoms in total. The van der Waals surface area contributed by atoms with E-state index in [1.807, 2.05) is 0 Å². The van der Waals surface area contributed by atoms with Crippen LogP contribution < -0.4 is 5.14 Å². The number of sulfonamides is 1. The average Bonchev–Trinajstić information content (AvgIpc) is 2.54. The van der Waals surface area contributed by atoms with Crippen LogP contribution in [0.4, 0.5) is 4.39 Å². The number of primary sulfonamides is 1. The largest absolute Gasteiger partial charge is 0.336 e. The van der Waals surface area contributed by atoms with Gasteiger partial charge in [0.25, 0.3) is 0 Å². The van der Waals surface area contributed by atoms with Crippen molar-refractivity contribution in [3.63, 3.8) is 0 Å². The fraction of sp³-hybridized carbons (Fsp3) is 0.111. The molecule has 2 aromatic rings. The lowest BCUT2D eigenvalue weighted by Crippen LogP contribution is -2.11. The fourth-order valence-electron chi connectivity index (χ4n) is 1.56. The van der Waals surface area contributed by atoms with Crippen LogP contribution in [0.5, 0.6) is 0 Å². The second-order valence-electron chi connectivity index (χ2n) is 3.29. The first-order valence-electron chi connectivity index (χ1n) is 4.30. The van der Waals surface area contributed by atoms with Crippen LogP contribution in [0, 0.1) is 5.82 Å². The van der Waals surface area contributed by atoms with Crippen LogP contribution >= 0.6 is 22.6 Å². The molecule has 2 rings (SSSR count). The average molecular weight is 354 g/mol. The fourth-order valence-corrected chi connectivity index (χ4v) is 2.87. The molecule has 0 aliphatic heterocycles. The first kappa shape index (κ1) is 11.8. The molecule has 0 bridgehead atoms. The summed E-state index contributed by atoms with van der Waals surface area (Å²) in [4.78, 5) is -0.0429. The Kier molecular flexibility index (Phi) is 2.93. The third-order valence-corrected chi connectivity index (χ3v) is 3.92. The number of hydrogen-bond acceptors (Lipinski definition) is 2. The zero-order chi connectivity index (χ0) is 11.9. The van der Waals surface area contributed by atoms with Gasteiger partial charge in [-0.15, -0.1) is 0 Å². The molecule has 0 amide bonds.